The van der Waals surface area contributed by atoms with E-state index in [0.717, 1.165) is 18.2 Å². The molecule has 0 aromatic rings. The van der Waals surface area contributed by atoms with Crippen LogP contribution < -0.4 is 0 Å². The molecule has 0 aliphatic carbocycles. The maximum Gasteiger partial charge on any atom is 0.231 e. The third kappa shape index (κ3) is 92.7. The number of nitrogens with one attached hydrogen (secondary N) is 3. The fraction of sp³-hybridized carbons (Fsp3) is 0.800. The first kappa shape index (κ1) is 27.5. The van der Waals surface area contributed by atoms with Gasteiger partial charge in [0.15, 0.2) is 0 Å². The van der Waals surface area contributed by atoms with E-state index in [9.17, 15) is 0 Å². The smallest absolute Gasteiger partial charge is 0.222 e. The van der Waals surface area contributed by atoms with Crippen LogP contribution in [0, 0.1) is 16.2 Å². The highest BCUT2D eigenvalue weighted by Gasteiger charge is 1.90. The average Bonchev–Trinajstić information content (AvgIpc) is 2.44. The van der Waals surface area contributed by atoms with Crippen molar-refractivity contribution in [1.82, 2.24) is 0 Å². The number of carbonyl (C=O) groups excluding carboxylic acids is 3. The Bertz CT molecular complexity index is 225. The van der Waals surface area contributed by atoms with Gasteiger partial charge in [-0.15, -0.1) is 0 Å². The van der Waals surface area contributed by atoms with Gasteiger partial charge in [0.05, 0.1) is 0 Å². The molecule has 0 saturated heterocycles. The van der Waals surface area contributed by atoms with Gasteiger partial charge in [0.25, 0.3) is 0 Å². The maximum atomic E-state index is 8.35. The molecule has 6 heteroatoms. The highest BCUT2D eigenvalue weighted by Crippen LogP contribution is 2.09. The number of unbranched alkanes of at least 4 members (excludes halogenated alkanes) is 9. The summed E-state index contributed by atoms with van der Waals surface area (Å²) in [5.41, 5.74) is 0. The molecule has 0 aromatic heterocycles. The van der Waals surface area contributed by atoms with E-state index in [0.29, 0.717) is 0 Å². The average molecular weight is 299 g/mol. The van der Waals surface area contributed by atoms with Gasteiger partial charge in [0.1, 0.15) is 0 Å². The molecule has 0 bridgehead atoms. The van der Waals surface area contributed by atoms with Crippen LogP contribution in [0.5, 0.6) is 0 Å². The molecule has 0 fully saturated rings. The summed E-state index contributed by atoms with van der Waals surface area (Å²) < 4.78 is 0. The van der Waals surface area contributed by atoms with Gasteiger partial charge in [0, 0.05) is 0 Å². The fourth-order valence-electron chi connectivity index (χ4n) is 1.56. The number of isocyanates is 3. The van der Waals surface area contributed by atoms with Crippen LogP contribution in [-0.4, -0.2) is 18.2 Å². The minimum atomic E-state index is 0.750. The predicted octanol–water partition coefficient (Wildman–Crippen LogP) is 4.63. The van der Waals surface area contributed by atoms with Crippen LogP contribution in [0.1, 0.15) is 78.1 Å². The summed E-state index contributed by atoms with van der Waals surface area (Å²) in [7, 11) is 0. The molecule has 0 heterocycles. The molecule has 0 aliphatic rings. The Morgan fingerprint density at radius 1 is 0.524 bits per heavy atom. The van der Waals surface area contributed by atoms with E-state index in [1.807, 2.05) is 0 Å². The third-order valence-electron chi connectivity index (χ3n) is 2.46. The number of hydrogen-bond donors (Lipinski definition) is 3. The summed E-state index contributed by atoms with van der Waals surface area (Å²) in [6, 6.07) is 0. The van der Waals surface area contributed by atoms with Gasteiger partial charge >= 0.3 is 0 Å². The first-order chi connectivity index (χ1) is 10.2. The Labute approximate surface area is 127 Å². The molecule has 122 valence electrons. The summed E-state index contributed by atoms with van der Waals surface area (Å²) in [6.07, 6.45) is 16.7. The van der Waals surface area contributed by atoms with Crippen molar-refractivity contribution >= 4 is 18.2 Å². The minimum Gasteiger partial charge on any atom is -0.222 e. The normalized spacial score (nSPS) is 7.14. The zero-order valence-electron chi connectivity index (χ0n) is 13.3. The van der Waals surface area contributed by atoms with E-state index in [4.69, 9.17) is 30.6 Å². The Morgan fingerprint density at radius 3 is 0.810 bits per heavy atom. The van der Waals surface area contributed by atoms with Crippen LogP contribution in [0.15, 0.2) is 0 Å². The van der Waals surface area contributed by atoms with Crippen molar-refractivity contribution < 1.29 is 14.4 Å². The van der Waals surface area contributed by atoms with Gasteiger partial charge in [-0.1, -0.05) is 78.1 Å². The fourth-order valence-corrected chi connectivity index (χ4v) is 1.56. The van der Waals surface area contributed by atoms with Crippen LogP contribution in [0.3, 0.4) is 0 Å². The molecule has 0 rings (SSSR count). The van der Waals surface area contributed by atoms with Gasteiger partial charge in [0.2, 0.25) is 18.2 Å². The molecule has 0 atom stereocenters. The van der Waals surface area contributed by atoms with Crippen molar-refractivity contribution in [3.63, 3.8) is 0 Å². The molecule has 21 heavy (non-hydrogen) atoms. The number of rotatable bonds is 9. The molecule has 0 unspecified atom stereocenters. The minimum absolute atomic E-state index is 0.750. The van der Waals surface area contributed by atoms with Gasteiger partial charge in [-0.25, -0.2) is 30.6 Å². The molecule has 6 nitrogen and oxygen atoms in total. The van der Waals surface area contributed by atoms with E-state index in [1.54, 1.807) is 0 Å². The van der Waals surface area contributed by atoms with Crippen LogP contribution in [0.25, 0.3) is 0 Å². The van der Waals surface area contributed by atoms with Crippen LogP contribution in [0.2, 0.25) is 0 Å². The molecular formula is C15H29N3O3. The van der Waals surface area contributed by atoms with Gasteiger partial charge in [-0.05, 0) is 0 Å². The highest BCUT2D eigenvalue weighted by atomic mass is 16.1. The van der Waals surface area contributed by atoms with E-state index < -0.39 is 0 Å². The summed E-state index contributed by atoms with van der Waals surface area (Å²) in [5.74, 6) is 0. The van der Waals surface area contributed by atoms with E-state index in [2.05, 4.69) is 13.8 Å². The molecule has 0 aliphatic heterocycles. The second kappa shape index (κ2) is 42.9. The summed E-state index contributed by atoms with van der Waals surface area (Å²) in [6.45, 7) is 4.56. The van der Waals surface area contributed by atoms with Crippen molar-refractivity contribution in [2.24, 2.45) is 0 Å². The Morgan fingerprint density at radius 2 is 0.667 bits per heavy atom. The zero-order valence-corrected chi connectivity index (χ0v) is 13.3. The Hall–Kier alpha value is -1.86. The molecule has 0 amide bonds. The lowest BCUT2D eigenvalue weighted by molar-refractivity contribution is 0.562. The van der Waals surface area contributed by atoms with Crippen LogP contribution in [-0.2, 0) is 14.4 Å². The quantitative estimate of drug-likeness (QED) is 0.326. The SMILES string of the molecule is CCCCCCCCCCCC.N=C=O.N=C=O.N=C=O. The highest BCUT2D eigenvalue weighted by molar-refractivity contribution is 5.26. The molecule has 0 radical (unpaired) electrons. The first-order valence-electron chi connectivity index (χ1n) is 7.28. The van der Waals surface area contributed by atoms with Crippen molar-refractivity contribution in [1.29, 1.82) is 16.2 Å². The maximum absolute atomic E-state index is 8.35. The standard InChI is InChI=1S/C12H26.3CHNO/c1-3-5-7-9-11-12-10-8-6-4-2;3*2-1-3/h3-12H2,1-2H3;3*2H. The third-order valence-corrected chi connectivity index (χ3v) is 2.46. The molecule has 0 saturated carbocycles. The lowest BCUT2D eigenvalue weighted by atomic mass is 10.1. The predicted molar refractivity (Wildman–Crippen MR) is 82.8 cm³/mol. The second-order valence-corrected chi connectivity index (χ2v) is 4.13. The lowest BCUT2D eigenvalue weighted by Gasteiger charge is -1.99. The van der Waals surface area contributed by atoms with Crippen molar-refractivity contribution in [3.8, 4) is 0 Å². The molecule has 0 spiro atoms. The molecule has 3 N–H and O–H groups in total. The Kier molecular flexibility index (Phi) is 56.2. The van der Waals surface area contributed by atoms with Crippen molar-refractivity contribution in [2.45, 2.75) is 78.1 Å². The monoisotopic (exact) mass is 299 g/mol. The van der Waals surface area contributed by atoms with Gasteiger partial charge < -0.3 is 0 Å². The first-order valence-corrected chi connectivity index (χ1v) is 7.28. The topological polar surface area (TPSA) is 123 Å². The molecule has 0 aromatic carbocycles. The van der Waals surface area contributed by atoms with Crippen LogP contribution >= 0.6 is 0 Å². The van der Waals surface area contributed by atoms with Crippen molar-refractivity contribution in [2.75, 3.05) is 0 Å². The van der Waals surface area contributed by atoms with Crippen molar-refractivity contribution in [3.05, 3.63) is 0 Å². The number of hydrogen-bond acceptors (Lipinski definition) is 6. The largest absolute Gasteiger partial charge is 0.231 e. The van der Waals surface area contributed by atoms with Gasteiger partial charge in [-0.2, -0.15) is 0 Å². The van der Waals surface area contributed by atoms with E-state index in [-0.39, 0.29) is 0 Å². The second-order valence-electron chi connectivity index (χ2n) is 4.13. The summed E-state index contributed by atoms with van der Waals surface area (Å²) in [5, 5.41) is 16.2. The van der Waals surface area contributed by atoms with Gasteiger partial charge in [-0.3, -0.25) is 0 Å². The Balaban J connectivity index is -0.000000132. The summed E-state index contributed by atoms with van der Waals surface area (Å²) >= 11 is 0. The zero-order chi connectivity index (χ0) is 17.2. The summed E-state index contributed by atoms with van der Waals surface area (Å²) in [4.78, 5) is 25.0. The van der Waals surface area contributed by atoms with E-state index >= 15 is 0 Å². The lowest BCUT2D eigenvalue weighted by Crippen LogP contribution is -1.80. The molecular weight excluding hydrogens is 270 g/mol. The van der Waals surface area contributed by atoms with Crippen LogP contribution in [0.4, 0.5) is 0 Å². The van der Waals surface area contributed by atoms with E-state index in [1.165, 1.54) is 64.2 Å².